The smallest absolute Gasteiger partial charge is 0.225 e. The molecule has 2 heterocycles. The van der Waals surface area contributed by atoms with Gasteiger partial charge in [0.1, 0.15) is 0 Å². The zero-order valence-electron chi connectivity index (χ0n) is 11.9. The molecule has 1 spiro atoms. The van der Waals surface area contributed by atoms with Gasteiger partial charge in [0.25, 0.3) is 0 Å². The van der Waals surface area contributed by atoms with E-state index in [9.17, 15) is 9.59 Å². The van der Waals surface area contributed by atoms with Crippen LogP contribution < -0.4 is 10.6 Å². The molecule has 4 rings (SSSR count). The topological polar surface area (TPSA) is 61.4 Å². The lowest BCUT2D eigenvalue weighted by molar-refractivity contribution is -0.128. The normalized spacial score (nSPS) is 35.4. The molecule has 2 aliphatic heterocycles. The molecule has 2 amide bonds. The summed E-state index contributed by atoms with van der Waals surface area (Å²) >= 11 is 0. The molecule has 0 aromatic carbocycles. The van der Waals surface area contributed by atoms with Gasteiger partial charge in [0.15, 0.2) is 0 Å². The van der Waals surface area contributed by atoms with Crippen LogP contribution in [0.3, 0.4) is 0 Å². The second kappa shape index (κ2) is 4.45. The van der Waals surface area contributed by atoms with E-state index in [-0.39, 0.29) is 29.2 Å². The molecule has 110 valence electrons. The van der Waals surface area contributed by atoms with E-state index in [4.69, 9.17) is 0 Å². The van der Waals surface area contributed by atoms with Gasteiger partial charge in [0.2, 0.25) is 11.8 Å². The van der Waals surface area contributed by atoms with E-state index in [1.165, 1.54) is 0 Å². The van der Waals surface area contributed by atoms with E-state index in [1.54, 1.807) is 0 Å². The van der Waals surface area contributed by atoms with Crippen molar-refractivity contribution in [1.82, 2.24) is 15.5 Å². The Hall–Kier alpha value is -1.10. The maximum Gasteiger partial charge on any atom is 0.225 e. The summed E-state index contributed by atoms with van der Waals surface area (Å²) in [6.07, 6.45) is 6.10. The van der Waals surface area contributed by atoms with Crippen molar-refractivity contribution in [3.8, 4) is 0 Å². The fourth-order valence-corrected chi connectivity index (χ4v) is 4.06. The van der Waals surface area contributed by atoms with Gasteiger partial charge in [-0.3, -0.25) is 9.59 Å². The minimum absolute atomic E-state index is 0.0509. The van der Waals surface area contributed by atoms with Crippen LogP contribution in [0.25, 0.3) is 0 Å². The molecule has 2 saturated heterocycles. The number of hydrogen-bond donors (Lipinski definition) is 2. The molecule has 20 heavy (non-hydrogen) atoms. The standard InChI is InChI=1S/C15H23N3O2/c19-13-7-10(9-18(13)11-1-2-11)17-14(20)12-8-15(12)3-5-16-6-4-15/h10-12,16H,1-9H2,(H,17,20). The lowest BCUT2D eigenvalue weighted by Crippen LogP contribution is -2.40. The fourth-order valence-electron chi connectivity index (χ4n) is 4.06. The van der Waals surface area contributed by atoms with Crippen molar-refractivity contribution in [1.29, 1.82) is 0 Å². The zero-order chi connectivity index (χ0) is 13.7. The van der Waals surface area contributed by atoms with Crippen LogP contribution in [0, 0.1) is 11.3 Å². The molecule has 2 saturated carbocycles. The number of amides is 2. The number of carbonyl (C=O) groups excluding carboxylic acids is 2. The molecule has 2 aliphatic carbocycles. The number of carbonyl (C=O) groups is 2. The first-order valence-electron chi connectivity index (χ1n) is 7.98. The summed E-state index contributed by atoms with van der Waals surface area (Å²) in [6.45, 7) is 2.82. The van der Waals surface area contributed by atoms with E-state index >= 15 is 0 Å². The lowest BCUT2D eigenvalue weighted by atomic mass is 9.91. The van der Waals surface area contributed by atoms with Gasteiger partial charge in [0.05, 0.1) is 6.04 Å². The first-order valence-corrected chi connectivity index (χ1v) is 7.98. The number of nitrogens with zero attached hydrogens (tertiary/aromatic N) is 1. The third-order valence-corrected chi connectivity index (χ3v) is 5.60. The summed E-state index contributed by atoms with van der Waals surface area (Å²) in [5.74, 6) is 0.627. The van der Waals surface area contributed by atoms with Crippen molar-refractivity contribution >= 4 is 11.8 Å². The second-order valence-electron chi connectivity index (χ2n) is 7.06. The Kier molecular flexibility index (Phi) is 2.81. The fraction of sp³-hybridized carbons (Fsp3) is 0.867. The van der Waals surface area contributed by atoms with Crippen LogP contribution in [0.15, 0.2) is 0 Å². The minimum atomic E-state index is 0.0509. The summed E-state index contributed by atoms with van der Waals surface area (Å²) in [5.41, 5.74) is 0.286. The second-order valence-corrected chi connectivity index (χ2v) is 7.06. The molecule has 5 nitrogen and oxygen atoms in total. The molecule has 2 N–H and O–H groups in total. The van der Waals surface area contributed by atoms with E-state index in [0.717, 1.165) is 51.7 Å². The van der Waals surface area contributed by atoms with Crippen LogP contribution in [0.4, 0.5) is 0 Å². The third kappa shape index (κ3) is 2.12. The van der Waals surface area contributed by atoms with Gasteiger partial charge in [-0.15, -0.1) is 0 Å². The highest BCUT2D eigenvalue weighted by atomic mass is 16.2. The number of piperidine rings is 1. The largest absolute Gasteiger partial charge is 0.351 e. The Morgan fingerprint density at radius 2 is 2.05 bits per heavy atom. The molecule has 4 fully saturated rings. The van der Waals surface area contributed by atoms with Gasteiger partial charge in [-0.25, -0.2) is 0 Å². The zero-order valence-corrected chi connectivity index (χ0v) is 11.9. The Balaban J connectivity index is 1.31. The van der Waals surface area contributed by atoms with Crippen molar-refractivity contribution in [2.45, 2.75) is 50.6 Å². The van der Waals surface area contributed by atoms with Crippen LogP contribution in [0.2, 0.25) is 0 Å². The van der Waals surface area contributed by atoms with Crippen LogP contribution in [0.5, 0.6) is 0 Å². The van der Waals surface area contributed by atoms with E-state index in [1.807, 2.05) is 4.90 Å². The van der Waals surface area contributed by atoms with Gasteiger partial charge in [-0.1, -0.05) is 0 Å². The lowest BCUT2D eigenvalue weighted by Gasteiger charge is -2.23. The number of likely N-dealkylation sites (tertiary alicyclic amines) is 1. The summed E-state index contributed by atoms with van der Waals surface area (Å²) in [5, 5.41) is 6.49. The number of hydrogen-bond acceptors (Lipinski definition) is 3. The van der Waals surface area contributed by atoms with Gasteiger partial charge in [-0.05, 0) is 50.6 Å². The summed E-state index contributed by atoms with van der Waals surface area (Å²) in [7, 11) is 0. The van der Waals surface area contributed by atoms with Crippen molar-refractivity contribution < 1.29 is 9.59 Å². The van der Waals surface area contributed by atoms with Crippen molar-refractivity contribution in [3.63, 3.8) is 0 Å². The predicted octanol–water partition coefficient (Wildman–Crippen LogP) is 0.256. The van der Waals surface area contributed by atoms with Gasteiger partial charge in [0, 0.05) is 24.9 Å². The Morgan fingerprint density at radius 3 is 2.75 bits per heavy atom. The monoisotopic (exact) mass is 277 g/mol. The van der Waals surface area contributed by atoms with Crippen LogP contribution in [0.1, 0.15) is 38.5 Å². The molecule has 0 bridgehead atoms. The van der Waals surface area contributed by atoms with Crippen molar-refractivity contribution in [2.75, 3.05) is 19.6 Å². The van der Waals surface area contributed by atoms with Crippen molar-refractivity contribution in [3.05, 3.63) is 0 Å². The Labute approximate surface area is 119 Å². The van der Waals surface area contributed by atoms with E-state index < -0.39 is 0 Å². The Morgan fingerprint density at radius 1 is 1.30 bits per heavy atom. The third-order valence-electron chi connectivity index (χ3n) is 5.60. The van der Waals surface area contributed by atoms with Gasteiger partial charge in [-0.2, -0.15) is 0 Å². The molecule has 5 heteroatoms. The van der Waals surface area contributed by atoms with Crippen LogP contribution >= 0.6 is 0 Å². The average Bonchev–Trinajstić information content (AvgIpc) is 3.33. The molecule has 0 aromatic heterocycles. The SMILES string of the molecule is O=C(NC1CC(=O)N(C2CC2)C1)C1CC12CCNCC2. The highest BCUT2D eigenvalue weighted by molar-refractivity contribution is 5.85. The highest BCUT2D eigenvalue weighted by Gasteiger charge is 2.58. The summed E-state index contributed by atoms with van der Waals surface area (Å²) in [4.78, 5) is 26.2. The first-order chi connectivity index (χ1) is 9.68. The molecule has 0 aromatic rings. The van der Waals surface area contributed by atoms with Crippen LogP contribution in [-0.2, 0) is 9.59 Å². The average molecular weight is 277 g/mol. The molecule has 2 atom stereocenters. The molecular formula is C15H23N3O2. The van der Waals surface area contributed by atoms with Crippen molar-refractivity contribution in [2.24, 2.45) is 11.3 Å². The summed E-state index contributed by atoms with van der Waals surface area (Å²) < 4.78 is 0. The molecule has 4 aliphatic rings. The summed E-state index contributed by atoms with van der Waals surface area (Å²) in [6, 6.07) is 0.524. The van der Waals surface area contributed by atoms with E-state index in [0.29, 0.717) is 12.5 Å². The highest BCUT2D eigenvalue weighted by Crippen LogP contribution is 2.58. The van der Waals surface area contributed by atoms with Gasteiger partial charge >= 0.3 is 0 Å². The maximum absolute atomic E-state index is 12.4. The minimum Gasteiger partial charge on any atom is -0.351 e. The molecular weight excluding hydrogens is 254 g/mol. The molecule has 0 radical (unpaired) electrons. The maximum atomic E-state index is 12.4. The number of nitrogens with one attached hydrogen (secondary N) is 2. The predicted molar refractivity (Wildman–Crippen MR) is 73.9 cm³/mol. The van der Waals surface area contributed by atoms with Crippen LogP contribution in [-0.4, -0.2) is 48.4 Å². The van der Waals surface area contributed by atoms with Gasteiger partial charge < -0.3 is 15.5 Å². The molecule has 2 unspecified atom stereocenters. The van der Waals surface area contributed by atoms with E-state index in [2.05, 4.69) is 10.6 Å². The Bertz CT molecular complexity index is 440. The quantitative estimate of drug-likeness (QED) is 0.777. The first kappa shape index (κ1) is 12.6. The number of rotatable bonds is 3.